The van der Waals surface area contributed by atoms with Crippen LogP contribution in [0.5, 0.6) is 0 Å². The van der Waals surface area contributed by atoms with Crippen molar-refractivity contribution in [3.05, 3.63) is 24.0 Å². The van der Waals surface area contributed by atoms with Crippen LogP contribution in [0.3, 0.4) is 0 Å². The van der Waals surface area contributed by atoms with Crippen LogP contribution in [-0.4, -0.2) is 51.0 Å². The standard InChI is InChI=1S/C16H27N3O2/c1-5-13(17-6-2)14-8-7-12(9-18-14)19-10-15(20-3)16(11-19)21-4/h7-9,13,15-17H,5-6,10-11H2,1-4H3. The van der Waals surface area contributed by atoms with Gasteiger partial charge in [-0.15, -0.1) is 0 Å². The summed E-state index contributed by atoms with van der Waals surface area (Å²) in [5.41, 5.74) is 2.24. The Balaban J connectivity index is 2.05. The molecule has 1 aromatic heterocycles. The maximum absolute atomic E-state index is 5.48. The number of methoxy groups -OCH3 is 2. The lowest BCUT2D eigenvalue weighted by molar-refractivity contribution is -0.00461. The van der Waals surface area contributed by atoms with Crippen LogP contribution < -0.4 is 10.2 Å². The van der Waals surface area contributed by atoms with Crippen LogP contribution in [0, 0.1) is 0 Å². The van der Waals surface area contributed by atoms with Crippen molar-refractivity contribution in [1.29, 1.82) is 0 Å². The van der Waals surface area contributed by atoms with E-state index in [9.17, 15) is 0 Å². The number of nitrogens with zero attached hydrogens (tertiary/aromatic N) is 2. The predicted molar refractivity (Wildman–Crippen MR) is 84.8 cm³/mol. The third kappa shape index (κ3) is 3.73. The molecule has 0 saturated carbocycles. The number of aromatic nitrogens is 1. The Morgan fingerprint density at radius 2 is 1.90 bits per heavy atom. The van der Waals surface area contributed by atoms with E-state index in [1.807, 2.05) is 6.20 Å². The van der Waals surface area contributed by atoms with Crippen molar-refractivity contribution in [1.82, 2.24) is 10.3 Å². The Kier molecular flexibility index (Phi) is 5.96. The van der Waals surface area contributed by atoms with Crippen LogP contribution in [0.2, 0.25) is 0 Å². The number of ether oxygens (including phenoxy) is 2. The molecule has 1 saturated heterocycles. The summed E-state index contributed by atoms with van der Waals surface area (Å²) in [6.07, 6.45) is 3.25. The van der Waals surface area contributed by atoms with Gasteiger partial charge in [0.1, 0.15) is 12.2 Å². The van der Waals surface area contributed by atoms with E-state index in [0.29, 0.717) is 6.04 Å². The molecular formula is C16H27N3O2. The van der Waals surface area contributed by atoms with Gasteiger partial charge < -0.3 is 19.7 Å². The molecule has 0 spiro atoms. The van der Waals surface area contributed by atoms with Gasteiger partial charge in [-0.3, -0.25) is 4.98 Å². The summed E-state index contributed by atoms with van der Waals surface area (Å²) in [6, 6.07) is 4.60. The topological polar surface area (TPSA) is 46.6 Å². The second kappa shape index (κ2) is 7.73. The molecule has 1 N–H and O–H groups in total. The molecule has 0 radical (unpaired) electrons. The van der Waals surface area contributed by atoms with Gasteiger partial charge in [0.25, 0.3) is 0 Å². The fourth-order valence-corrected chi connectivity index (χ4v) is 2.90. The first kappa shape index (κ1) is 16.2. The molecule has 3 unspecified atom stereocenters. The minimum absolute atomic E-state index is 0.125. The van der Waals surface area contributed by atoms with Gasteiger partial charge >= 0.3 is 0 Å². The molecule has 1 aliphatic heterocycles. The summed E-state index contributed by atoms with van der Waals surface area (Å²) >= 11 is 0. The molecule has 21 heavy (non-hydrogen) atoms. The summed E-state index contributed by atoms with van der Waals surface area (Å²) in [7, 11) is 3.48. The van der Waals surface area contributed by atoms with E-state index in [4.69, 9.17) is 9.47 Å². The lowest BCUT2D eigenvalue weighted by Crippen LogP contribution is -2.27. The van der Waals surface area contributed by atoms with Crippen LogP contribution in [-0.2, 0) is 9.47 Å². The van der Waals surface area contributed by atoms with E-state index in [-0.39, 0.29) is 12.2 Å². The second-order valence-electron chi connectivity index (χ2n) is 5.41. The smallest absolute Gasteiger partial charge is 0.102 e. The molecule has 1 aliphatic rings. The molecule has 5 nitrogen and oxygen atoms in total. The van der Waals surface area contributed by atoms with E-state index in [0.717, 1.165) is 37.4 Å². The van der Waals surface area contributed by atoms with E-state index in [1.54, 1.807) is 14.2 Å². The van der Waals surface area contributed by atoms with Gasteiger partial charge in [-0.2, -0.15) is 0 Å². The Hall–Kier alpha value is -1.17. The first-order chi connectivity index (χ1) is 10.2. The zero-order valence-corrected chi connectivity index (χ0v) is 13.5. The normalized spacial score (nSPS) is 23.5. The average Bonchev–Trinajstić information content (AvgIpc) is 2.96. The maximum Gasteiger partial charge on any atom is 0.102 e. The molecule has 0 aromatic carbocycles. The molecule has 2 heterocycles. The Bertz CT molecular complexity index is 412. The van der Waals surface area contributed by atoms with Crippen molar-refractivity contribution < 1.29 is 9.47 Å². The zero-order valence-electron chi connectivity index (χ0n) is 13.5. The highest BCUT2D eigenvalue weighted by atomic mass is 16.5. The van der Waals surface area contributed by atoms with Gasteiger partial charge in [0.15, 0.2) is 0 Å². The molecule has 1 aromatic rings. The number of anilines is 1. The number of nitrogens with one attached hydrogen (secondary N) is 1. The SMILES string of the molecule is CCNC(CC)c1ccc(N2CC(OC)C(OC)C2)cn1. The van der Waals surface area contributed by atoms with Gasteiger partial charge in [-0.1, -0.05) is 13.8 Å². The van der Waals surface area contributed by atoms with Crippen molar-refractivity contribution in [3.63, 3.8) is 0 Å². The van der Waals surface area contributed by atoms with Gasteiger partial charge in [-0.25, -0.2) is 0 Å². The monoisotopic (exact) mass is 293 g/mol. The maximum atomic E-state index is 5.48. The summed E-state index contributed by atoms with van der Waals surface area (Å²) in [4.78, 5) is 6.90. The van der Waals surface area contributed by atoms with Crippen LogP contribution >= 0.6 is 0 Å². The average molecular weight is 293 g/mol. The fraction of sp³-hybridized carbons (Fsp3) is 0.688. The third-order valence-electron chi connectivity index (χ3n) is 4.17. The highest BCUT2D eigenvalue weighted by Gasteiger charge is 2.33. The van der Waals surface area contributed by atoms with E-state index in [1.165, 1.54) is 0 Å². The van der Waals surface area contributed by atoms with Crippen LogP contribution in [0.25, 0.3) is 0 Å². The lowest BCUT2D eigenvalue weighted by atomic mass is 10.1. The minimum Gasteiger partial charge on any atom is -0.377 e. The molecule has 0 aliphatic carbocycles. The Morgan fingerprint density at radius 3 is 2.33 bits per heavy atom. The summed E-state index contributed by atoms with van der Waals surface area (Å²) in [5.74, 6) is 0. The first-order valence-electron chi connectivity index (χ1n) is 7.73. The van der Waals surface area contributed by atoms with Gasteiger partial charge in [0, 0.05) is 33.4 Å². The zero-order chi connectivity index (χ0) is 15.2. The summed E-state index contributed by atoms with van der Waals surface area (Å²) in [5, 5.41) is 3.45. The van der Waals surface area contributed by atoms with Gasteiger partial charge in [0.2, 0.25) is 0 Å². The second-order valence-corrected chi connectivity index (χ2v) is 5.41. The molecule has 0 bridgehead atoms. The molecule has 118 valence electrons. The van der Waals surface area contributed by atoms with Crippen molar-refractivity contribution in [2.45, 2.75) is 38.5 Å². The van der Waals surface area contributed by atoms with Gasteiger partial charge in [0.05, 0.1) is 17.6 Å². The highest BCUT2D eigenvalue weighted by Crippen LogP contribution is 2.24. The molecule has 3 atom stereocenters. The number of hydrogen-bond acceptors (Lipinski definition) is 5. The molecule has 2 rings (SSSR count). The van der Waals surface area contributed by atoms with Crippen LogP contribution in [0.4, 0.5) is 5.69 Å². The van der Waals surface area contributed by atoms with E-state index >= 15 is 0 Å². The molecule has 0 amide bonds. The van der Waals surface area contributed by atoms with Crippen molar-refractivity contribution in [2.24, 2.45) is 0 Å². The first-order valence-corrected chi connectivity index (χ1v) is 7.73. The van der Waals surface area contributed by atoms with Crippen molar-refractivity contribution in [3.8, 4) is 0 Å². The van der Waals surface area contributed by atoms with Crippen molar-refractivity contribution in [2.75, 3.05) is 38.8 Å². The van der Waals surface area contributed by atoms with Crippen LogP contribution in [0.1, 0.15) is 32.0 Å². The largest absolute Gasteiger partial charge is 0.377 e. The lowest BCUT2D eigenvalue weighted by Gasteiger charge is -2.20. The van der Waals surface area contributed by atoms with Gasteiger partial charge in [-0.05, 0) is 25.1 Å². The summed E-state index contributed by atoms with van der Waals surface area (Å²) < 4.78 is 11.0. The molecule has 1 fully saturated rings. The minimum atomic E-state index is 0.125. The Labute approximate surface area is 127 Å². The fourth-order valence-electron chi connectivity index (χ4n) is 2.90. The molecule has 5 heteroatoms. The van der Waals surface area contributed by atoms with Crippen LogP contribution in [0.15, 0.2) is 18.3 Å². The Morgan fingerprint density at radius 1 is 1.24 bits per heavy atom. The quantitative estimate of drug-likeness (QED) is 0.833. The van der Waals surface area contributed by atoms with Crippen molar-refractivity contribution >= 4 is 5.69 Å². The molecular weight excluding hydrogens is 266 g/mol. The number of rotatable bonds is 7. The van der Waals surface area contributed by atoms with E-state index < -0.39 is 0 Å². The number of pyridine rings is 1. The highest BCUT2D eigenvalue weighted by molar-refractivity contribution is 5.46. The third-order valence-corrected chi connectivity index (χ3v) is 4.17. The number of hydrogen-bond donors (Lipinski definition) is 1. The summed E-state index contributed by atoms with van der Waals surface area (Å²) in [6.45, 7) is 6.95. The predicted octanol–water partition coefficient (Wildman–Crippen LogP) is 1.99. The van der Waals surface area contributed by atoms with E-state index in [2.05, 4.69) is 41.2 Å².